The molecule has 0 spiro atoms. The van der Waals surface area contributed by atoms with Gasteiger partial charge in [0.25, 0.3) is 0 Å². The minimum Gasteiger partial charge on any atom is -0.480 e. The topological polar surface area (TPSA) is 141 Å². The van der Waals surface area contributed by atoms with E-state index in [0.29, 0.717) is 17.3 Å². The van der Waals surface area contributed by atoms with Crippen LogP contribution in [0.4, 0.5) is 0 Å². The third-order valence-corrected chi connectivity index (χ3v) is 9.15. The number of nitrogens with zero attached hydrogens (tertiary/aromatic N) is 4. The molecular weight excluding hydrogens is 546 g/mol. The summed E-state index contributed by atoms with van der Waals surface area (Å²) < 4.78 is 25.4. The van der Waals surface area contributed by atoms with E-state index >= 15 is 0 Å². The standard InChI is InChI=1S/C29H27N5O4S2/c1-17-4-7-20(14-23(17)21-3-2-12-31-15-21)26-24(13-18-5-10-22(11-6-18)40(30,37)38)27(19-8-9-19)34(33-26)29-32-25(16-39-29)28(35)36/h2-7,10-12,14-15,19,25H,8-9,13,16H2,1H3,(H,35,36)(H2,30,37,38). The minimum atomic E-state index is -3.80. The van der Waals surface area contributed by atoms with Crippen LogP contribution in [0.25, 0.3) is 22.4 Å². The Bertz CT molecular complexity index is 1750. The van der Waals surface area contributed by atoms with Crippen LogP contribution in [0.2, 0.25) is 0 Å². The Kier molecular flexibility index (Phi) is 6.81. The molecular formula is C29H27N5O4S2. The second-order valence-electron chi connectivity index (χ2n) is 10.1. The zero-order chi connectivity index (χ0) is 28.0. The molecule has 1 saturated carbocycles. The Balaban J connectivity index is 1.51. The highest BCUT2D eigenvalue weighted by atomic mass is 32.2. The highest BCUT2D eigenvalue weighted by Crippen LogP contribution is 2.46. The third kappa shape index (κ3) is 5.19. The highest BCUT2D eigenvalue weighted by molar-refractivity contribution is 8.14. The second kappa shape index (κ2) is 10.3. The van der Waals surface area contributed by atoms with Crippen molar-refractivity contribution >= 4 is 32.9 Å². The molecule has 4 aromatic rings. The fraction of sp³-hybridized carbons (Fsp3) is 0.241. The predicted octanol–water partition coefficient (Wildman–Crippen LogP) is 4.44. The van der Waals surface area contributed by atoms with E-state index in [0.717, 1.165) is 57.6 Å². The molecule has 0 saturated heterocycles. The number of sulfonamides is 1. The number of carbonyl (C=O) groups is 1. The van der Waals surface area contributed by atoms with E-state index in [1.165, 1.54) is 23.9 Å². The Hall–Kier alpha value is -3.80. The van der Waals surface area contributed by atoms with E-state index in [2.05, 4.69) is 35.1 Å². The van der Waals surface area contributed by atoms with Crippen LogP contribution < -0.4 is 5.14 Å². The Morgan fingerprint density at radius 1 is 1.12 bits per heavy atom. The van der Waals surface area contributed by atoms with Gasteiger partial charge in [-0.1, -0.05) is 42.1 Å². The fourth-order valence-corrected chi connectivity index (χ4v) is 6.50. The van der Waals surface area contributed by atoms with Crippen molar-refractivity contribution in [1.82, 2.24) is 14.8 Å². The van der Waals surface area contributed by atoms with Gasteiger partial charge in [-0.2, -0.15) is 5.10 Å². The summed E-state index contributed by atoms with van der Waals surface area (Å²) in [6, 6.07) is 16.0. The molecule has 1 unspecified atom stereocenters. The number of pyridine rings is 1. The molecule has 1 fully saturated rings. The maximum Gasteiger partial charge on any atom is 0.329 e. The number of hydrogen-bond donors (Lipinski definition) is 2. The van der Waals surface area contributed by atoms with Gasteiger partial charge in [-0.05, 0) is 60.7 Å². The lowest BCUT2D eigenvalue weighted by atomic mass is 9.94. The molecule has 2 aromatic heterocycles. The largest absolute Gasteiger partial charge is 0.480 e. The minimum absolute atomic E-state index is 0.0608. The first-order valence-corrected chi connectivity index (χ1v) is 15.4. The predicted molar refractivity (Wildman–Crippen MR) is 155 cm³/mol. The average Bonchev–Trinajstić information content (AvgIpc) is 3.52. The summed E-state index contributed by atoms with van der Waals surface area (Å²) in [7, 11) is -3.80. The molecule has 1 atom stereocenters. The summed E-state index contributed by atoms with van der Waals surface area (Å²) in [6.07, 6.45) is 6.12. The first-order valence-electron chi connectivity index (χ1n) is 12.9. The number of benzene rings is 2. The van der Waals surface area contributed by atoms with E-state index in [1.54, 1.807) is 18.3 Å². The van der Waals surface area contributed by atoms with Gasteiger partial charge in [0.2, 0.25) is 10.0 Å². The summed E-state index contributed by atoms with van der Waals surface area (Å²) in [4.78, 5) is 20.5. The van der Waals surface area contributed by atoms with Crippen molar-refractivity contribution < 1.29 is 18.3 Å². The van der Waals surface area contributed by atoms with Crippen molar-refractivity contribution in [3.8, 4) is 22.4 Å². The average molecular weight is 574 g/mol. The molecule has 3 heterocycles. The maximum absolute atomic E-state index is 11.8. The van der Waals surface area contributed by atoms with Crippen LogP contribution in [0.3, 0.4) is 0 Å². The van der Waals surface area contributed by atoms with Gasteiger partial charge in [0.15, 0.2) is 11.2 Å². The molecule has 0 bridgehead atoms. The first-order chi connectivity index (χ1) is 19.2. The number of hydrogen-bond acceptors (Lipinski definition) is 7. The van der Waals surface area contributed by atoms with Crippen LogP contribution in [0.1, 0.15) is 41.1 Å². The number of carboxylic acid groups (broad SMARTS) is 1. The molecule has 6 rings (SSSR count). The number of aliphatic imine (C=N–C) groups is 1. The summed E-state index contributed by atoms with van der Waals surface area (Å²) in [5.41, 5.74) is 7.86. The number of carboxylic acids is 1. The normalized spacial score (nSPS) is 17.1. The monoisotopic (exact) mass is 573 g/mol. The molecule has 40 heavy (non-hydrogen) atoms. The molecule has 204 valence electrons. The zero-order valence-electron chi connectivity index (χ0n) is 21.7. The van der Waals surface area contributed by atoms with E-state index < -0.39 is 22.0 Å². The molecule has 2 aliphatic rings. The molecule has 1 aliphatic heterocycles. The van der Waals surface area contributed by atoms with Crippen molar-refractivity contribution in [2.75, 3.05) is 5.75 Å². The van der Waals surface area contributed by atoms with Gasteiger partial charge >= 0.3 is 5.97 Å². The van der Waals surface area contributed by atoms with Crippen LogP contribution >= 0.6 is 11.8 Å². The van der Waals surface area contributed by atoms with E-state index in [-0.39, 0.29) is 10.8 Å². The van der Waals surface area contributed by atoms with Crippen LogP contribution in [-0.2, 0) is 21.2 Å². The maximum atomic E-state index is 11.8. The quantitative estimate of drug-likeness (QED) is 0.333. The number of nitrogens with two attached hydrogens (primary N) is 1. The highest BCUT2D eigenvalue weighted by Gasteiger charge is 2.36. The third-order valence-electron chi connectivity index (χ3n) is 7.21. The Morgan fingerprint density at radius 3 is 2.52 bits per heavy atom. The van der Waals surface area contributed by atoms with Crippen molar-refractivity contribution in [3.63, 3.8) is 0 Å². The molecule has 0 amide bonds. The molecule has 11 heteroatoms. The van der Waals surface area contributed by atoms with Crippen molar-refractivity contribution in [3.05, 3.63) is 89.4 Å². The summed E-state index contributed by atoms with van der Waals surface area (Å²) in [6.45, 7) is 2.06. The SMILES string of the molecule is Cc1ccc(-c2nn(C3=NC(C(=O)O)CS3)c(C3CC3)c2Cc2ccc(S(N)(=O)=O)cc2)cc1-c1cccnc1. The number of thioether (sulfide) groups is 1. The lowest BCUT2D eigenvalue weighted by molar-refractivity contribution is -0.137. The van der Waals surface area contributed by atoms with Crippen LogP contribution in [0.15, 0.2) is 76.9 Å². The van der Waals surface area contributed by atoms with Gasteiger partial charge in [0.05, 0.1) is 16.3 Å². The number of aryl methyl sites for hydroxylation is 1. The summed E-state index contributed by atoms with van der Waals surface area (Å²) in [5, 5.41) is 20.5. The zero-order valence-corrected chi connectivity index (χ0v) is 23.3. The number of aromatic nitrogens is 3. The van der Waals surface area contributed by atoms with Crippen LogP contribution in [0.5, 0.6) is 0 Å². The van der Waals surface area contributed by atoms with Crippen molar-refractivity contribution in [2.24, 2.45) is 10.1 Å². The van der Waals surface area contributed by atoms with E-state index in [9.17, 15) is 18.3 Å². The van der Waals surface area contributed by atoms with Gasteiger partial charge < -0.3 is 5.11 Å². The van der Waals surface area contributed by atoms with Crippen LogP contribution in [-0.4, -0.2) is 51.2 Å². The Morgan fingerprint density at radius 2 is 1.90 bits per heavy atom. The van der Waals surface area contributed by atoms with E-state index in [1.807, 2.05) is 23.0 Å². The van der Waals surface area contributed by atoms with Gasteiger partial charge in [-0.15, -0.1) is 0 Å². The number of rotatable bonds is 7. The second-order valence-corrected chi connectivity index (χ2v) is 12.7. The first kappa shape index (κ1) is 26.4. The molecule has 0 radical (unpaired) electrons. The summed E-state index contributed by atoms with van der Waals surface area (Å²) in [5.74, 6) is -0.294. The van der Waals surface area contributed by atoms with Crippen molar-refractivity contribution in [1.29, 1.82) is 0 Å². The lowest BCUT2D eigenvalue weighted by Gasteiger charge is -2.11. The smallest absolute Gasteiger partial charge is 0.329 e. The molecule has 1 aliphatic carbocycles. The van der Waals surface area contributed by atoms with Crippen LogP contribution in [0, 0.1) is 6.92 Å². The molecule has 9 nitrogen and oxygen atoms in total. The van der Waals surface area contributed by atoms with Gasteiger partial charge in [-0.3, -0.25) is 4.98 Å². The fourth-order valence-electron chi connectivity index (χ4n) is 5.00. The number of primary sulfonamides is 1. The van der Waals surface area contributed by atoms with Gasteiger partial charge in [0, 0.05) is 47.2 Å². The van der Waals surface area contributed by atoms with Gasteiger partial charge in [0.1, 0.15) is 0 Å². The molecule has 3 N–H and O–H groups in total. The number of aliphatic carboxylic acids is 1. The summed E-state index contributed by atoms with van der Waals surface area (Å²) >= 11 is 1.40. The Labute approximate surface area is 236 Å². The molecule has 2 aromatic carbocycles. The van der Waals surface area contributed by atoms with Crippen molar-refractivity contribution in [2.45, 2.75) is 43.0 Å². The van der Waals surface area contributed by atoms with Gasteiger partial charge in [-0.25, -0.2) is 28.0 Å². The lowest BCUT2D eigenvalue weighted by Crippen LogP contribution is -2.17. The van der Waals surface area contributed by atoms with E-state index in [4.69, 9.17) is 10.2 Å².